The molecule has 0 aliphatic carbocycles. The number of anilines is 2. The average Bonchev–Trinajstić information content (AvgIpc) is 2.54. The van der Waals surface area contributed by atoms with Crippen LogP contribution in [0.1, 0.15) is 23.0 Å². The summed E-state index contributed by atoms with van der Waals surface area (Å²) in [5.41, 5.74) is 2.75. The Hall–Kier alpha value is -2.96. The fourth-order valence-corrected chi connectivity index (χ4v) is 2.42. The van der Waals surface area contributed by atoms with Crippen molar-refractivity contribution >= 4 is 23.2 Å². The van der Waals surface area contributed by atoms with Gasteiger partial charge in [-0.3, -0.25) is 19.6 Å². The molecule has 1 aromatic heterocycles. The molecule has 3 N–H and O–H groups in total. The SMILES string of the molecule is CC(Cc1cnccn1)NC(=O)c1ccc2c(c1)NC(=O)CN2. The summed E-state index contributed by atoms with van der Waals surface area (Å²) in [6.07, 6.45) is 5.52. The van der Waals surface area contributed by atoms with E-state index in [0.29, 0.717) is 17.7 Å². The number of carbonyl (C=O) groups is 2. The van der Waals surface area contributed by atoms with Crippen LogP contribution in [-0.2, 0) is 11.2 Å². The standard InChI is InChI=1S/C16H17N5O2/c1-10(6-12-8-17-4-5-18-12)20-16(23)11-2-3-13-14(7-11)21-15(22)9-19-13/h2-5,7-8,10,19H,6,9H2,1H3,(H,20,23)(H,21,22). The van der Waals surface area contributed by atoms with Crippen molar-refractivity contribution in [1.82, 2.24) is 15.3 Å². The zero-order valence-corrected chi connectivity index (χ0v) is 12.7. The maximum absolute atomic E-state index is 12.3. The van der Waals surface area contributed by atoms with Crippen molar-refractivity contribution < 1.29 is 9.59 Å². The van der Waals surface area contributed by atoms with Crippen LogP contribution in [0, 0.1) is 0 Å². The Bertz CT molecular complexity index is 733. The Kier molecular flexibility index (Phi) is 4.18. The minimum atomic E-state index is -0.191. The van der Waals surface area contributed by atoms with Gasteiger partial charge < -0.3 is 16.0 Å². The van der Waals surface area contributed by atoms with Crippen molar-refractivity contribution in [3.8, 4) is 0 Å². The van der Waals surface area contributed by atoms with E-state index in [1.165, 1.54) is 0 Å². The monoisotopic (exact) mass is 311 g/mol. The number of fused-ring (bicyclic) bond motifs is 1. The van der Waals surface area contributed by atoms with Crippen molar-refractivity contribution in [2.75, 3.05) is 17.2 Å². The van der Waals surface area contributed by atoms with Gasteiger partial charge in [-0.05, 0) is 25.1 Å². The molecular formula is C16H17N5O2. The van der Waals surface area contributed by atoms with Crippen LogP contribution in [0.4, 0.5) is 11.4 Å². The molecular weight excluding hydrogens is 294 g/mol. The second-order valence-electron chi connectivity index (χ2n) is 5.44. The maximum atomic E-state index is 12.3. The van der Waals surface area contributed by atoms with Gasteiger partial charge in [0.2, 0.25) is 5.91 Å². The van der Waals surface area contributed by atoms with Crippen LogP contribution in [0.2, 0.25) is 0 Å². The first-order chi connectivity index (χ1) is 11.1. The molecule has 23 heavy (non-hydrogen) atoms. The third-order valence-electron chi connectivity index (χ3n) is 3.50. The van der Waals surface area contributed by atoms with Gasteiger partial charge in [0.25, 0.3) is 5.91 Å². The number of amides is 2. The summed E-state index contributed by atoms with van der Waals surface area (Å²) in [6.45, 7) is 2.15. The molecule has 2 aromatic rings. The summed E-state index contributed by atoms with van der Waals surface area (Å²) < 4.78 is 0. The zero-order valence-electron chi connectivity index (χ0n) is 12.7. The lowest BCUT2D eigenvalue weighted by Crippen LogP contribution is -2.34. The average molecular weight is 311 g/mol. The molecule has 1 atom stereocenters. The quantitative estimate of drug-likeness (QED) is 0.788. The number of benzene rings is 1. The van der Waals surface area contributed by atoms with Gasteiger partial charge in [-0.15, -0.1) is 0 Å². The highest BCUT2D eigenvalue weighted by Crippen LogP contribution is 2.25. The summed E-state index contributed by atoms with van der Waals surface area (Å²) in [6, 6.07) is 5.11. The molecule has 1 aromatic carbocycles. The Morgan fingerprint density at radius 1 is 1.35 bits per heavy atom. The predicted octanol–water partition coefficient (Wildman–Crippen LogP) is 1.20. The van der Waals surface area contributed by atoms with E-state index >= 15 is 0 Å². The molecule has 0 radical (unpaired) electrons. The van der Waals surface area contributed by atoms with Gasteiger partial charge in [0, 0.05) is 36.6 Å². The highest BCUT2D eigenvalue weighted by molar-refractivity contribution is 6.03. The number of nitrogens with one attached hydrogen (secondary N) is 3. The third kappa shape index (κ3) is 3.63. The minimum absolute atomic E-state index is 0.0806. The van der Waals surface area contributed by atoms with E-state index in [2.05, 4.69) is 25.9 Å². The molecule has 0 saturated carbocycles. The third-order valence-corrected chi connectivity index (χ3v) is 3.50. The summed E-state index contributed by atoms with van der Waals surface area (Å²) >= 11 is 0. The van der Waals surface area contributed by atoms with Crippen LogP contribution in [0.3, 0.4) is 0 Å². The van der Waals surface area contributed by atoms with E-state index in [-0.39, 0.29) is 24.4 Å². The Morgan fingerprint density at radius 3 is 3.00 bits per heavy atom. The molecule has 1 aliphatic rings. The van der Waals surface area contributed by atoms with Crippen molar-refractivity contribution in [3.05, 3.63) is 48.0 Å². The summed E-state index contributed by atoms with van der Waals surface area (Å²) in [4.78, 5) is 31.9. The highest BCUT2D eigenvalue weighted by atomic mass is 16.2. The fraction of sp³-hybridized carbons (Fsp3) is 0.250. The van der Waals surface area contributed by atoms with Crippen LogP contribution in [-0.4, -0.2) is 34.4 Å². The molecule has 0 spiro atoms. The van der Waals surface area contributed by atoms with Gasteiger partial charge in [0.1, 0.15) is 0 Å². The molecule has 7 heteroatoms. The molecule has 7 nitrogen and oxygen atoms in total. The highest BCUT2D eigenvalue weighted by Gasteiger charge is 2.17. The number of carbonyl (C=O) groups excluding carboxylic acids is 2. The summed E-state index contributed by atoms with van der Waals surface area (Å²) in [5, 5.41) is 8.66. The largest absolute Gasteiger partial charge is 0.374 e. The van der Waals surface area contributed by atoms with Crippen LogP contribution >= 0.6 is 0 Å². The Balaban J connectivity index is 1.66. The molecule has 3 rings (SSSR count). The first-order valence-electron chi connectivity index (χ1n) is 7.35. The molecule has 1 unspecified atom stereocenters. The molecule has 118 valence electrons. The van der Waals surface area contributed by atoms with Gasteiger partial charge in [0.15, 0.2) is 0 Å². The number of nitrogens with zero attached hydrogens (tertiary/aromatic N) is 2. The van der Waals surface area contributed by atoms with Crippen molar-refractivity contribution in [2.45, 2.75) is 19.4 Å². The van der Waals surface area contributed by atoms with Gasteiger partial charge in [-0.2, -0.15) is 0 Å². The first-order valence-corrected chi connectivity index (χ1v) is 7.35. The molecule has 2 amide bonds. The molecule has 0 fully saturated rings. The number of aromatic nitrogens is 2. The molecule has 0 saturated heterocycles. The van der Waals surface area contributed by atoms with E-state index in [0.717, 1.165) is 11.4 Å². The topological polar surface area (TPSA) is 96.0 Å². The summed E-state index contributed by atoms with van der Waals surface area (Å²) in [5.74, 6) is -0.310. The summed E-state index contributed by atoms with van der Waals surface area (Å²) in [7, 11) is 0. The molecule has 1 aliphatic heterocycles. The number of hydrogen-bond donors (Lipinski definition) is 3. The van der Waals surface area contributed by atoms with Gasteiger partial charge in [-0.25, -0.2) is 0 Å². The van der Waals surface area contributed by atoms with Crippen LogP contribution in [0.15, 0.2) is 36.8 Å². The van der Waals surface area contributed by atoms with Crippen LogP contribution < -0.4 is 16.0 Å². The smallest absolute Gasteiger partial charge is 0.251 e. The zero-order chi connectivity index (χ0) is 16.2. The van der Waals surface area contributed by atoms with E-state index in [1.807, 2.05) is 6.92 Å². The lowest BCUT2D eigenvalue weighted by atomic mass is 10.1. The fourth-order valence-electron chi connectivity index (χ4n) is 2.42. The van der Waals surface area contributed by atoms with E-state index in [4.69, 9.17) is 0 Å². The van der Waals surface area contributed by atoms with Crippen LogP contribution in [0.25, 0.3) is 0 Å². The first kappa shape index (κ1) is 15.0. The Labute approximate surface area is 133 Å². The minimum Gasteiger partial charge on any atom is -0.374 e. The van der Waals surface area contributed by atoms with Crippen LogP contribution in [0.5, 0.6) is 0 Å². The van der Waals surface area contributed by atoms with Gasteiger partial charge in [0.05, 0.1) is 23.6 Å². The maximum Gasteiger partial charge on any atom is 0.251 e. The lowest BCUT2D eigenvalue weighted by molar-refractivity contribution is -0.114. The lowest BCUT2D eigenvalue weighted by Gasteiger charge is -2.20. The van der Waals surface area contributed by atoms with E-state index < -0.39 is 0 Å². The predicted molar refractivity (Wildman–Crippen MR) is 86.2 cm³/mol. The normalized spacial score (nSPS) is 14.2. The second kappa shape index (κ2) is 6.43. The van der Waals surface area contributed by atoms with Crippen molar-refractivity contribution in [3.63, 3.8) is 0 Å². The van der Waals surface area contributed by atoms with Crippen molar-refractivity contribution in [1.29, 1.82) is 0 Å². The van der Waals surface area contributed by atoms with Gasteiger partial charge in [-0.1, -0.05) is 0 Å². The molecule has 0 bridgehead atoms. The van der Waals surface area contributed by atoms with Gasteiger partial charge >= 0.3 is 0 Å². The number of hydrogen-bond acceptors (Lipinski definition) is 5. The Morgan fingerprint density at radius 2 is 2.22 bits per heavy atom. The van der Waals surface area contributed by atoms with Crippen molar-refractivity contribution in [2.24, 2.45) is 0 Å². The number of rotatable bonds is 4. The second-order valence-corrected chi connectivity index (χ2v) is 5.44. The molecule has 2 heterocycles. The van der Waals surface area contributed by atoms with E-state index in [1.54, 1.807) is 36.8 Å². The van der Waals surface area contributed by atoms with E-state index in [9.17, 15) is 9.59 Å².